The van der Waals surface area contributed by atoms with Gasteiger partial charge in [-0.3, -0.25) is 23.7 Å². The quantitative estimate of drug-likeness (QED) is 0.104. The molecule has 3 heterocycles. The van der Waals surface area contributed by atoms with Gasteiger partial charge in [0, 0.05) is 71.8 Å². The minimum Gasteiger partial charge on any atom is -0.460 e. The highest BCUT2D eigenvalue weighted by atomic mass is 31.2. The molecule has 4 rings (SSSR count). The summed E-state index contributed by atoms with van der Waals surface area (Å²) in [5, 5.41) is 23.5. The second-order valence-electron chi connectivity index (χ2n) is 20.9. The van der Waals surface area contributed by atoms with Gasteiger partial charge in [-0.2, -0.15) is 0 Å². The molecule has 2 saturated heterocycles. The number of carbonyl (C=O) groups excluding carboxylic acids is 5. The van der Waals surface area contributed by atoms with Gasteiger partial charge in [0.25, 0.3) is 11.7 Å². The van der Waals surface area contributed by atoms with E-state index in [0.29, 0.717) is 63.4 Å². The zero-order valence-corrected chi connectivity index (χ0v) is 44.3. The van der Waals surface area contributed by atoms with Gasteiger partial charge in [-0.25, -0.2) is 4.79 Å². The minimum atomic E-state index is -2.79. The maximum Gasteiger partial charge on any atom is 0.329 e. The second-order valence-corrected chi connectivity index (χ2v) is 23.6. The molecule has 0 aromatic carbocycles. The molecule has 1 aliphatic carbocycles. The van der Waals surface area contributed by atoms with Crippen molar-refractivity contribution in [2.75, 3.05) is 41.2 Å². The highest BCUT2D eigenvalue weighted by Gasteiger charge is 2.53. The number of ether oxygens (including phenoxy) is 5. The van der Waals surface area contributed by atoms with E-state index in [1.807, 2.05) is 58.1 Å². The molecule has 0 radical (unpaired) electrons. The second kappa shape index (κ2) is 26.5. The molecule has 4 aliphatic rings. The van der Waals surface area contributed by atoms with Crippen LogP contribution in [0.3, 0.4) is 0 Å². The summed E-state index contributed by atoms with van der Waals surface area (Å²) in [6.45, 7) is 15.9. The van der Waals surface area contributed by atoms with Crippen LogP contribution < -0.4 is 0 Å². The number of piperidine rings is 1. The lowest BCUT2D eigenvalue weighted by atomic mass is 9.78. The third-order valence-corrected chi connectivity index (χ3v) is 15.6. The Balaban J connectivity index is 1.70. The number of carbonyl (C=O) groups is 5. The number of amides is 1. The maximum atomic E-state index is 14.5. The molecular weight excluding hydrogens is 906 g/mol. The summed E-state index contributed by atoms with van der Waals surface area (Å²) in [6, 6.07) is -1.16. The summed E-state index contributed by atoms with van der Waals surface area (Å²) in [6.07, 6.45) is 11.4. The van der Waals surface area contributed by atoms with E-state index in [1.54, 1.807) is 54.4 Å². The van der Waals surface area contributed by atoms with Gasteiger partial charge >= 0.3 is 5.97 Å². The zero-order chi connectivity index (χ0) is 51.4. The van der Waals surface area contributed by atoms with E-state index in [9.17, 15) is 38.8 Å². The van der Waals surface area contributed by atoms with E-state index in [2.05, 4.69) is 0 Å². The number of aliphatic hydroxyl groups excluding tert-OH is 1. The van der Waals surface area contributed by atoms with Gasteiger partial charge in [-0.05, 0) is 107 Å². The van der Waals surface area contributed by atoms with Crippen LogP contribution in [0.25, 0.3) is 0 Å². The van der Waals surface area contributed by atoms with Gasteiger partial charge < -0.3 is 43.3 Å². The van der Waals surface area contributed by atoms with Crippen LogP contribution in [0.1, 0.15) is 126 Å². The van der Waals surface area contributed by atoms with Crippen molar-refractivity contribution in [2.24, 2.45) is 35.5 Å². The van der Waals surface area contributed by atoms with Crippen molar-refractivity contribution >= 4 is 36.6 Å². The smallest absolute Gasteiger partial charge is 0.329 e. The normalized spacial score (nSPS) is 39.0. The molecule has 390 valence electrons. The Kier molecular flexibility index (Phi) is 22.5. The van der Waals surface area contributed by atoms with E-state index < -0.39 is 85.1 Å². The molecule has 2 bridgehead atoms. The SMILES string of the molecule is COC1C(=O)[C@H](C)C[C@H](C)/C=C/C=C/C=C(\C)[C@@H](OC)C[C@@H]2CC[C@@H](C)[C@@](O)(O2)C(=O)C(=O)N2CCCC[C@H]2C(=O)O[C@H]([C@H](C)C[C@H]2CC[C@@H](OP(C)(C)=O)[C@H](OC)C2)CC(=O)[C@H](C)/C=C(\C)[C@H]1O. The van der Waals surface area contributed by atoms with Crippen LogP contribution in [0, 0.1) is 35.5 Å². The van der Waals surface area contributed by atoms with E-state index >= 15 is 0 Å². The monoisotopic (exact) mass is 990 g/mol. The van der Waals surface area contributed by atoms with E-state index in [0.717, 1.165) is 12.0 Å². The molecule has 0 spiro atoms. The zero-order valence-electron chi connectivity index (χ0n) is 43.4. The third-order valence-electron chi connectivity index (χ3n) is 14.8. The highest BCUT2D eigenvalue weighted by molar-refractivity contribution is 7.57. The lowest BCUT2D eigenvalue weighted by molar-refractivity contribution is -0.265. The molecule has 1 saturated carbocycles. The summed E-state index contributed by atoms with van der Waals surface area (Å²) in [5.74, 6) is -8.11. The number of cyclic esters (lactones) is 1. The van der Waals surface area contributed by atoms with Gasteiger partial charge in [-0.15, -0.1) is 0 Å². The number of fused-ring (bicyclic) bond motifs is 3. The van der Waals surface area contributed by atoms with E-state index in [1.165, 1.54) is 12.0 Å². The molecule has 2 N–H and O–H groups in total. The predicted molar refractivity (Wildman–Crippen MR) is 263 cm³/mol. The fourth-order valence-electron chi connectivity index (χ4n) is 10.5. The third kappa shape index (κ3) is 16.2. The summed E-state index contributed by atoms with van der Waals surface area (Å²) in [4.78, 5) is 72.2. The first-order valence-electron chi connectivity index (χ1n) is 25.2. The van der Waals surface area contributed by atoms with Crippen molar-refractivity contribution in [1.29, 1.82) is 0 Å². The Morgan fingerprint density at radius 3 is 2.22 bits per heavy atom. The maximum absolute atomic E-state index is 14.5. The van der Waals surface area contributed by atoms with Gasteiger partial charge in [0.15, 0.2) is 13.2 Å². The van der Waals surface area contributed by atoms with Gasteiger partial charge in [-0.1, -0.05) is 71.1 Å². The van der Waals surface area contributed by atoms with Crippen LogP contribution in [-0.4, -0.2) is 140 Å². The fourth-order valence-corrected chi connectivity index (χ4v) is 11.4. The van der Waals surface area contributed by atoms with E-state index in [-0.39, 0.29) is 60.9 Å². The van der Waals surface area contributed by atoms with Crippen molar-refractivity contribution < 1.29 is 67.0 Å². The Hall–Kier alpha value is -3.14. The van der Waals surface area contributed by atoms with Crippen LogP contribution in [0.4, 0.5) is 0 Å². The van der Waals surface area contributed by atoms with Crippen LogP contribution in [0.5, 0.6) is 0 Å². The molecule has 1 unspecified atom stereocenters. The summed E-state index contributed by atoms with van der Waals surface area (Å²) in [7, 11) is 1.76. The number of allylic oxidation sites excluding steroid dienone is 6. The number of methoxy groups -OCH3 is 3. The summed E-state index contributed by atoms with van der Waals surface area (Å²) < 4.78 is 48.2. The Labute approximate surface area is 411 Å². The molecule has 3 fully saturated rings. The number of ketones is 3. The molecule has 69 heavy (non-hydrogen) atoms. The number of aliphatic hydroxyl groups is 2. The van der Waals surface area contributed by atoms with Gasteiger partial charge in [0.2, 0.25) is 5.79 Å². The van der Waals surface area contributed by atoms with Crippen molar-refractivity contribution in [3.05, 3.63) is 47.6 Å². The molecule has 1 amide bonds. The van der Waals surface area contributed by atoms with Crippen molar-refractivity contribution in [1.82, 2.24) is 4.90 Å². The molecule has 15 nitrogen and oxygen atoms in total. The number of esters is 1. The summed E-state index contributed by atoms with van der Waals surface area (Å²) >= 11 is 0. The number of nitrogens with zero attached hydrogens (tertiary/aromatic N) is 1. The molecule has 16 heteroatoms. The fraction of sp³-hybridized carbons (Fsp3) is 0.755. The van der Waals surface area contributed by atoms with Crippen LogP contribution in [0.15, 0.2) is 47.6 Å². The first-order chi connectivity index (χ1) is 32.4. The number of Topliss-reactive ketones (excluding diaryl/α,β-unsaturated/α-hetero) is 3. The standard InChI is InChI=1S/C53H84NO14P/c1-32-18-14-13-15-19-33(2)44(63-8)30-40-23-21-38(7)53(61,67-40)50(58)51(59)54-25-17-16-20-41(54)52(60)66-45(35(4)28-39-22-24-43(46(29-39)64-9)68-69(11,12)62)31-42(55)34(3)27-37(6)48(57)49(65-10)47(56)36(5)26-32/h13-15,18-19,27,32,34-36,38-41,43-46,48-49,57,61H,16-17,20-26,28-31H2,1-12H3/b15-13+,18-14+,33-19+,37-27+/t32-,34-,35-,36-,38-,39-,40+,41+,43-,44+,45+,46-,48-,49?,53-/m1/s1. The Morgan fingerprint density at radius 1 is 0.855 bits per heavy atom. The van der Waals surface area contributed by atoms with Gasteiger partial charge in [0.05, 0.1) is 24.4 Å². The van der Waals surface area contributed by atoms with Crippen molar-refractivity contribution in [3.63, 3.8) is 0 Å². The minimum absolute atomic E-state index is 0.0117. The van der Waals surface area contributed by atoms with Crippen LogP contribution in [-0.2, 0) is 56.7 Å². The molecular formula is C53H84NO14P. The number of rotatable bonds is 8. The largest absolute Gasteiger partial charge is 0.460 e. The first kappa shape index (κ1) is 58.4. The lowest BCUT2D eigenvalue weighted by Gasteiger charge is -2.42. The highest BCUT2D eigenvalue weighted by Crippen LogP contribution is 2.45. The lowest BCUT2D eigenvalue weighted by Crippen LogP contribution is -2.61. The van der Waals surface area contributed by atoms with Crippen molar-refractivity contribution in [2.45, 2.75) is 180 Å². The summed E-state index contributed by atoms with van der Waals surface area (Å²) in [5.41, 5.74) is 1.25. The number of hydrogen-bond donors (Lipinski definition) is 2. The Morgan fingerprint density at radius 2 is 1.57 bits per heavy atom. The average Bonchev–Trinajstić information content (AvgIpc) is 3.30. The molecule has 0 aromatic heterocycles. The first-order valence-corrected chi connectivity index (χ1v) is 27.7. The Bertz CT molecular complexity index is 1940. The molecule has 15 atom stereocenters. The number of hydrogen-bond acceptors (Lipinski definition) is 14. The predicted octanol–water partition coefficient (Wildman–Crippen LogP) is 7.74. The molecule has 0 aromatic rings. The topological polar surface area (TPSA) is 201 Å². The van der Waals surface area contributed by atoms with E-state index in [4.69, 9.17) is 28.2 Å². The molecule has 3 aliphatic heterocycles. The van der Waals surface area contributed by atoms with Crippen LogP contribution >= 0.6 is 7.37 Å². The average molecular weight is 990 g/mol. The van der Waals surface area contributed by atoms with Gasteiger partial charge in [0.1, 0.15) is 30.1 Å². The van der Waals surface area contributed by atoms with Crippen LogP contribution in [0.2, 0.25) is 0 Å². The van der Waals surface area contributed by atoms with Crippen molar-refractivity contribution in [3.8, 4) is 0 Å².